The summed E-state index contributed by atoms with van der Waals surface area (Å²) >= 11 is 0. The van der Waals surface area contributed by atoms with Gasteiger partial charge >= 0.3 is 0 Å². The summed E-state index contributed by atoms with van der Waals surface area (Å²) in [5.74, 6) is -1.56. The lowest BCUT2D eigenvalue weighted by atomic mass is 9.55. The molecule has 0 bridgehead atoms. The molecule has 5 N–H and O–H groups in total. The highest BCUT2D eigenvalue weighted by Crippen LogP contribution is 2.63. The number of carbonyl (C=O) groups excluding carboxylic acids is 2. The number of carbonyl (C=O) groups is 2. The molecule has 4 aliphatic carbocycles. The first-order chi connectivity index (χ1) is 15.5. The van der Waals surface area contributed by atoms with Crippen LogP contribution in [0.3, 0.4) is 0 Å². The third-order valence-corrected chi connectivity index (χ3v) is 9.11. The molecule has 188 valence electrons. The Bertz CT molecular complexity index is 1020. The van der Waals surface area contributed by atoms with E-state index in [0.717, 1.165) is 11.1 Å². The van der Waals surface area contributed by atoms with E-state index in [1.54, 1.807) is 20.8 Å². The van der Waals surface area contributed by atoms with Crippen LogP contribution in [0.4, 0.5) is 0 Å². The van der Waals surface area contributed by atoms with E-state index in [9.17, 15) is 35.1 Å². The Kier molecular flexibility index (Phi) is 5.84. The fraction of sp³-hybridized carbons (Fsp3) is 0.704. The highest BCUT2D eigenvalue weighted by molar-refractivity contribution is 6.13. The maximum absolute atomic E-state index is 13.4. The van der Waals surface area contributed by atoms with Crippen molar-refractivity contribution in [1.82, 2.24) is 0 Å². The van der Waals surface area contributed by atoms with Crippen LogP contribution < -0.4 is 0 Å². The number of aliphatic hydroxyl groups excluding tert-OH is 3. The number of allylic oxidation sites excluding steroid dienone is 4. The van der Waals surface area contributed by atoms with Gasteiger partial charge in [-0.1, -0.05) is 25.5 Å². The lowest BCUT2D eigenvalue weighted by Gasteiger charge is -2.50. The monoisotopic (exact) mass is 474 g/mol. The Morgan fingerprint density at radius 1 is 1.12 bits per heavy atom. The van der Waals surface area contributed by atoms with Gasteiger partial charge in [0.2, 0.25) is 5.78 Å². The molecule has 0 heterocycles. The molecule has 2 fully saturated rings. The van der Waals surface area contributed by atoms with Crippen LogP contribution in [-0.2, 0) is 9.59 Å². The first-order valence-electron chi connectivity index (χ1n) is 12.3. The summed E-state index contributed by atoms with van der Waals surface area (Å²) in [5.41, 5.74) is -1.48. The van der Waals surface area contributed by atoms with Gasteiger partial charge in [-0.3, -0.25) is 9.59 Å². The molecule has 0 aromatic carbocycles. The first kappa shape index (κ1) is 25.3. The topological polar surface area (TPSA) is 135 Å². The Balaban J connectivity index is 1.74. The minimum Gasteiger partial charge on any atom is -0.504 e. The highest BCUT2D eigenvalue weighted by atomic mass is 16.3. The normalized spacial score (nSPS) is 37.6. The molecule has 0 radical (unpaired) electrons. The molecule has 0 spiro atoms. The van der Waals surface area contributed by atoms with Crippen molar-refractivity contribution in [1.29, 1.82) is 0 Å². The number of rotatable bonds is 5. The molecule has 4 aliphatic rings. The Morgan fingerprint density at radius 2 is 1.76 bits per heavy atom. The van der Waals surface area contributed by atoms with Crippen LogP contribution in [0.2, 0.25) is 0 Å². The zero-order valence-corrected chi connectivity index (χ0v) is 20.8. The predicted octanol–water partition coefficient (Wildman–Crippen LogP) is 2.82. The van der Waals surface area contributed by atoms with Crippen molar-refractivity contribution in [3.63, 3.8) is 0 Å². The van der Waals surface area contributed by atoms with Gasteiger partial charge in [-0.05, 0) is 69.4 Å². The van der Waals surface area contributed by atoms with Crippen LogP contribution >= 0.6 is 0 Å². The van der Waals surface area contributed by atoms with Crippen LogP contribution in [0.1, 0.15) is 79.6 Å². The summed E-state index contributed by atoms with van der Waals surface area (Å²) in [6, 6.07) is 0. The second-order valence-electron chi connectivity index (χ2n) is 12.1. The molecular weight excluding hydrogens is 436 g/mol. The molecule has 0 saturated heterocycles. The smallest absolute Gasteiger partial charge is 0.227 e. The van der Waals surface area contributed by atoms with E-state index in [1.807, 2.05) is 19.9 Å². The molecule has 0 aromatic rings. The number of hydrogen-bond donors (Lipinski definition) is 5. The summed E-state index contributed by atoms with van der Waals surface area (Å²) < 4.78 is 0. The van der Waals surface area contributed by atoms with Gasteiger partial charge in [0, 0.05) is 29.7 Å². The lowest BCUT2D eigenvalue weighted by molar-refractivity contribution is -0.146. The largest absolute Gasteiger partial charge is 0.504 e. The van der Waals surface area contributed by atoms with Gasteiger partial charge in [0.05, 0.1) is 17.8 Å². The summed E-state index contributed by atoms with van der Waals surface area (Å²) in [5, 5.41) is 52.9. The van der Waals surface area contributed by atoms with E-state index in [1.165, 1.54) is 0 Å². The molecule has 0 aromatic heterocycles. The van der Waals surface area contributed by atoms with Gasteiger partial charge in [-0.15, -0.1) is 0 Å². The molecule has 0 unspecified atom stereocenters. The summed E-state index contributed by atoms with van der Waals surface area (Å²) in [6.07, 6.45) is 2.12. The zero-order chi connectivity index (χ0) is 25.4. The van der Waals surface area contributed by atoms with Crippen molar-refractivity contribution < 1.29 is 35.1 Å². The maximum Gasteiger partial charge on any atom is 0.227 e. The van der Waals surface area contributed by atoms with E-state index >= 15 is 0 Å². The van der Waals surface area contributed by atoms with Crippen LogP contribution in [-0.4, -0.2) is 60.5 Å². The quantitative estimate of drug-likeness (QED) is 0.413. The number of ketones is 2. The molecule has 0 aliphatic heterocycles. The van der Waals surface area contributed by atoms with Crippen LogP contribution in [0.25, 0.3) is 0 Å². The first-order valence-corrected chi connectivity index (χ1v) is 12.3. The van der Waals surface area contributed by atoms with Gasteiger partial charge in [0.1, 0.15) is 5.60 Å². The molecule has 0 amide bonds. The molecule has 6 atom stereocenters. The predicted molar refractivity (Wildman–Crippen MR) is 126 cm³/mol. The maximum atomic E-state index is 13.4. The third kappa shape index (κ3) is 3.63. The summed E-state index contributed by atoms with van der Waals surface area (Å²) in [6.45, 7) is 8.68. The standard InChI is InChI=1S/C27H38O7/c1-24(2,33)10-9-20(30)27(5,34)19-7-6-14-21-15(8-11-25(14,19)3)26(4)13-18(29)17(28)12-16(26)22(31)23(21)32/h8,17-19,28-29,31,33-34H,6-7,9-13H2,1-5H3/t17-,18+,19+,25+,26-,27-/m1/s1. The number of hydrogen-bond acceptors (Lipinski definition) is 7. The number of fused-ring (bicyclic) bond motifs is 4. The van der Waals surface area contributed by atoms with E-state index in [4.69, 9.17) is 0 Å². The Hall–Kier alpha value is -1.80. The van der Waals surface area contributed by atoms with E-state index in [2.05, 4.69) is 0 Å². The summed E-state index contributed by atoms with van der Waals surface area (Å²) in [7, 11) is 0. The molecule has 4 rings (SSSR count). The average Bonchev–Trinajstić information content (AvgIpc) is 3.09. The molecule has 7 heteroatoms. The van der Waals surface area contributed by atoms with Crippen LogP contribution in [0.5, 0.6) is 0 Å². The van der Waals surface area contributed by atoms with Gasteiger partial charge in [0.25, 0.3) is 0 Å². The third-order valence-electron chi connectivity index (χ3n) is 9.11. The van der Waals surface area contributed by atoms with E-state index in [-0.39, 0.29) is 37.2 Å². The van der Waals surface area contributed by atoms with Crippen molar-refractivity contribution in [3.8, 4) is 0 Å². The molecule has 2 saturated carbocycles. The van der Waals surface area contributed by atoms with Crippen molar-refractivity contribution in [2.45, 2.75) is 103 Å². The average molecular weight is 475 g/mol. The SMILES string of the molecule is CC(C)(O)CCC(=O)[C@](C)(O)[C@H]1CCC2=C3C(=O)C(O)=C4C[C@@H](O)[C@@H](O)C[C@]4(C)C3=CC[C@@]21C. The van der Waals surface area contributed by atoms with E-state index < -0.39 is 45.9 Å². The molecule has 34 heavy (non-hydrogen) atoms. The second kappa shape index (κ2) is 7.85. The van der Waals surface area contributed by atoms with Crippen molar-refractivity contribution >= 4 is 11.6 Å². The van der Waals surface area contributed by atoms with Gasteiger partial charge in [-0.25, -0.2) is 0 Å². The lowest BCUT2D eigenvalue weighted by Crippen LogP contribution is -2.50. The fourth-order valence-corrected chi connectivity index (χ4v) is 7.02. The summed E-state index contributed by atoms with van der Waals surface area (Å²) in [4.78, 5) is 26.5. The van der Waals surface area contributed by atoms with Crippen LogP contribution in [0.15, 0.2) is 34.1 Å². The zero-order valence-electron chi connectivity index (χ0n) is 20.8. The Morgan fingerprint density at radius 3 is 2.38 bits per heavy atom. The van der Waals surface area contributed by atoms with Gasteiger partial charge < -0.3 is 25.5 Å². The van der Waals surface area contributed by atoms with Crippen molar-refractivity contribution in [2.24, 2.45) is 16.7 Å². The number of aliphatic hydroxyl groups is 5. The van der Waals surface area contributed by atoms with Gasteiger partial charge in [-0.2, -0.15) is 0 Å². The number of Topliss-reactive ketones (excluding diaryl/α,β-unsaturated/α-hetero) is 2. The minimum atomic E-state index is -1.62. The minimum absolute atomic E-state index is 0.0412. The van der Waals surface area contributed by atoms with Gasteiger partial charge in [0.15, 0.2) is 11.5 Å². The highest BCUT2D eigenvalue weighted by Gasteiger charge is 2.59. The van der Waals surface area contributed by atoms with Crippen molar-refractivity contribution in [2.75, 3.05) is 0 Å². The molecule has 7 nitrogen and oxygen atoms in total. The van der Waals surface area contributed by atoms with Crippen molar-refractivity contribution in [3.05, 3.63) is 34.1 Å². The fourth-order valence-electron chi connectivity index (χ4n) is 7.02. The molecular formula is C27H38O7. The second-order valence-corrected chi connectivity index (χ2v) is 12.1. The van der Waals surface area contributed by atoms with Crippen LogP contribution in [0, 0.1) is 16.7 Å². The van der Waals surface area contributed by atoms with E-state index in [0.29, 0.717) is 30.4 Å². The Labute approximate surface area is 200 Å².